The number of anilines is 1. The molecule has 1 aliphatic carbocycles. The zero-order valence-corrected chi connectivity index (χ0v) is 24.3. The van der Waals surface area contributed by atoms with Gasteiger partial charge < -0.3 is 29.9 Å². The maximum absolute atomic E-state index is 14.2. The lowest BCUT2D eigenvalue weighted by Gasteiger charge is -2.34. The number of methoxy groups -OCH3 is 1. The summed E-state index contributed by atoms with van der Waals surface area (Å²) >= 11 is 0. The van der Waals surface area contributed by atoms with Crippen molar-refractivity contribution >= 4 is 23.4 Å². The van der Waals surface area contributed by atoms with Gasteiger partial charge in [0.05, 0.1) is 25.0 Å². The standard InChI is InChI=1S/C33H40N4O5/c1-36(21-22-10-5-3-6-11-22)18-19-37-29(31(39)34-23-12-7-4-8-13-23)33-17-16-26(42-33)27(28(33)32(37)40)30(38)35-24-14-9-15-25(20-24)41-2/h3,5-6,9-11,14-17,20,23,26-29H,4,7-8,12-13,18-19,21H2,1-2H3,(H,34,39)(H,35,38)/t26-,27-,28-,29+,33-/m0/s1. The first kappa shape index (κ1) is 28.4. The topological polar surface area (TPSA) is 100 Å². The summed E-state index contributed by atoms with van der Waals surface area (Å²) in [5.74, 6) is -1.60. The van der Waals surface area contributed by atoms with Crippen molar-refractivity contribution < 1.29 is 23.9 Å². The fourth-order valence-corrected chi connectivity index (χ4v) is 7.21. The van der Waals surface area contributed by atoms with E-state index in [4.69, 9.17) is 9.47 Å². The zero-order chi connectivity index (χ0) is 29.3. The van der Waals surface area contributed by atoms with Crippen molar-refractivity contribution in [3.8, 4) is 5.75 Å². The Labute approximate surface area is 247 Å². The summed E-state index contributed by atoms with van der Waals surface area (Å²) in [6.07, 6.45) is 8.37. The summed E-state index contributed by atoms with van der Waals surface area (Å²) in [4.78, 5) is 45.8. The molecule has 2 N–H and O–H groups in total. The number of carbonyl (C=O) groups excluding carboxylic acids is 3. The van der Waals surface area contributed by atoms with Gasteiger partial charge in [0.15, 0.2) is 0 Å². The molecule has 42 heavy (non-hydrogen) atoms. The lowest BCUT2D eigenvalue weighted by Crippen LogP contribution is -2.57. The number of hydrogen-bond donors (Lipinski definition) is 2. The van der Waals surface area contributed by atoms with Crippen molar-refractivity contribution in [3.05, 3.63) is 72.3 Å². The van der Waals surface area contributed by atoms with Crippen molar-refractivity contribution in [3.63, 3.8) is 0 Å². The minimum absolute atomic E-state index is 0.0918. The van der Waals surface area contributed by atoms with Crippen molar-refractivity contribution in [2.45, 2.75) is 62.4 Å². The van der Waals surface area contributed by atoms with E-state index in [1.807, 2.05) is 37.4 Å². The Kier molecular flexibility index (Phi) is 8.05. The maximum Gasteiger partial charge on any atom is 0.246 e. The van der Waals surface area contributed by atoms with Crippen LogP contribution in [0, 0.1) is 11.8 Å². The minimum atomic E-state index is -1.17. The Morgan fingerprint density at radius 2 is 1.86 bits per heavy atom. The molecule has 2 saturated heterocycles. The fraction of sp³-hybridized carbons (Fsp3) is 0.485. The highest BCUT2D eigenvalue weighted by atomic mass is 16.5. The molecule has 2 aromatic carbocycles. The van der Waals surface area contributed by atoms with Gasteiger partial charge in [0.2, 0.25) is 17.7 Å². The van der Waals surface area contributed by atoms with Crippen LogP contribution in [0.2, 0.25) is 0 Å². The Morgan fingerprint density at radius 1 is 1.07 bits per heavy atom. The Bertz CT molecular complexity index is 1340. The third-order valence-corrected chi connectivity index (χ3v) is 9.23. The maximum atomic E-state index is 14.2. The molecule has 1 spiro atoms. The highest BCUT2D eigenvalue weighted by Crippen LogP contribution is 2.55. The second-order valence-electron chi connectivity index (χ2n) is 12.0. The molecule has 3 amide bonds. The van der Waals surface area contributed by atoms with Crippen LogP contribution < -0.4 is 15.4 Å². The number of fused-ring (bicyclic) bond motifs is 1. The van der Waals surface area contributed by atoms with Gasteiger partial charge in [0.25, 0.3) is 0 Å². The molecule has 0 unspecified atom stereocenters. The zero-order valence-electron chi connectivity index (χ0n) is 24.3. The lowest BCUT2D eigenvalue weighted by molar-refractivity contribution is -0.141. The van der Waals surface area contributed by atoms with E-state index >= 15 is 0 Å². The second kappa shape index (κ2) is 11.9. The normalized spacial score (nSPS) is 28.3. The monoisotopic (exact) mass is 572 g/mol. The molecule has 0 aromatic heterocycles. The van der Waals surface area contributed by atoms with E-state index in [0.717, 1.165) is 32.2 Å². The highest BCUT2D eigenvalue weighted by molar-refractivity contribution is 6.02. The van der Waals surface area contributed by atoms with Crippen LogP contribution in [0.4, 0.5) is 5.69 Å². The molecular formula is C33H40N4O5. The lowest BCUT2D eigenvalue weighted by atomic mass is 9.74. The Morgan fingerprint density at radius 3 is 2.62 bits per heavy atom. The van der Waals surface area contributed by atoms with Gasteiger partial charge in [-0.2, -0.15) is 0 Å². The molecule has 6 rings (SSSR count). The summed E-state index contributed by atoms with van der Waals surface area (Å²) in [5.41, 5.74) is 0.583. The SMILES string of the molecule is COc1cccc(NC(=O)[C@H]2[C@@H]3C=C[C@]4(O3)[C@@H]2C(=O)N(CCN(C)Cc2ccccc2)[C@@H]4C(=O)NC2CCCCC2)c1. The van der Waals surface area contributed by atoms with Crippen LogP contribution in [0.3, 0.4) is 0 Å². The third-order valence-electron chi connectivity index (χ3n) is 9.23. The molecule has 9 nitrogen and oxygen atoms in total. The Balaban J connectivity index is 1.24. The summed E-state index contributed by atoms with van der Waals surface area (Å²) in [5, 5.41) is 6.21. The van der Waals surface area contributed by atoms with E-state index in [-0.39, 0.29) is 23.8 Å². The van der Waals surface area contributed by atoms with E-state index in [1.54, 1.807) is 36.3 Å². The number of likely N-dealkylation sites (N-methyl/N-ethyl adjacent to an activating group) is 1. The van der Waals surface area contributed by atoms with Gasteiger partial charge >= 0.3 is 0 Å². The molecule has 2 bridgehead atoms. The quantitative estimate of drug-likeness (QED) is 0.424. The summed E-state index contributed by atoms with van der Waals surface area (Å²) in [6.45, 7) is 1.65. The average molecular weight is 573 g/mol. The van der Waals surface area contributed by atoms with Gasteiger partial charge in [-0.1, -0.05) is 67.8 Å². The smallest absolute Gasteiger partial charge is 0.246 e. The van der Waals surface area contributed by atoms with Crippen LogP contribution in [0.15, 0.2) is 66.7 Å². The number of ether oxygens (including phenoxy) is 2. The molecular weight excluding hydrogens is 532 g/mol. The van der Waals surface area contributed by atoms with E-state index < -0.39 is 29.6 Å². The molecule has 222 valence electrons. The van der Waals surface area contributed by atoms with Crippen LogP contribution in [-0.4, -0.2) is 78.6 Å². The molecule has 4 aliphatic rings. The first-order chi connectivity index (χ1) is 20.4. The largest absolute Gasteiger partial charge is 0.497 e. The van der Waals surface area contributed by atoms with Crippen LogP contribution >= 0.6 is 0 Å². The van der Waals surface area contributed by atoms with Crippen molar-refractivity contribution in [2.24, 2.45) is 11.8 Å². The average Bonchev–Trinajstić information content (AvgIpc) is 3.64. The van der Waals surface area contributed by atoms with Crippen LogP contribution in [0.25, 0.3) is 0 Å². The van der Waals surface area contributed by atoms with E-state index in [9.17, 15) is 14.4 Å². The first-order valence-electron chi connectivity index (χ1n) is 15.0. The second-order valence-corrected chi connectivity index (χ2v) is 12.0. The number of amides is 3. The van der Waals surface area contributed by atoms with Crippen molar-refractivity contribution in [1.82, 2.24) is 15.1 Å². The Hall–Kier alpha value is -3.69. The van der Waals surface area contributed by atoms with E-state index in [1.165, 1.54) is 12.0 Å². The molecule has 3 heterocycles. The van der Waals surface area contributed by atoms with Gasteiger partial charge in [0.1, 0.15) is 17.4 Å². The number of rotatable bonds is 10. The number of benzene rings is 2. The van der Waals surface area contributed by atoms with E-state index in [2.05, 4.69) is 27.7 Å². The number of likely N-dealkylation sites (tertiary alicyclic amines) is 1. The molecule has 3 fully saturated rings. The number of carbonyl (C=O) groups is 3. The van der Waals surface area contributed by atoms with Gasteiger partial charge in [-0.3, -0.25) is 14.4 Å². The number of hydrogen-bond acceptors (Lipinski definition) is 6. The molecule has 5 atom stereocenters. The fourth-order valence-electron chi connectivity index (χ4n) is 7.21. The van der Waals surface area contributed by atoms with Crippen LogP contribution in [0.1, 0.15) is 37.7 Å². The summed E-state index contributed by atoms with van der Waals surface area (Å²) < 4.78 is 11.8. The third kappa shape index (κ3) is 5.31. The minimum Gasteiger partial charge on any atom is -0.497 e. The highest BCUT2D eigenvalue weighted by Gasteiger charge is 2.72. The molecule has 3 aliphatic heterocycles. The van der Waals surface area contributed by atoms with Gasteiger partial charge in [0, 0.05) is 37.4 Å². The van der Waals surface area contributed by atoms with Gasteiger partial charge in [-0.25, -0.2) is 0 Å². The number of nitrogens with zero attached hydrogens (tertiary/aromatic N) is 2. The van der Waals surface area contributed by atoms with E-state index in [0.29, 0.717) is 24.5 Å². The molecule has 0 radical (unpaired) electrons. The summed E-state index contributed by atoms with van der Waals surface area (Å²) in [7, 11) is 3.58. The molecule has 9 heteroatoms. The molecule has 2 aromatic rings. The first-order valence-corrected chi connectivity index (χ1v) is 15.0. The predicted molar refractivity (Wildman–Crippen MR) is 159 cm³/mol. The summed E-state index contributed by atoms with van der Waals surface area (Å²) in [6, 6.07) is 16.5. The van der Waals surface area contributed by atoms with Crippen LogP contribution in [-0.2, 0) is 25.7 Å². The number of nitrogens with one attached hydrogen (secondary N) is 2. The van der Waals surface area contributed by atoms with Gasteiger partial charge in [-0.05, 0) is 37.6 Å². The van der Waals surface area contributed by atoms with Crippen molar-refractivity contribution in [2.75, 3.05) is 32.6 Å². The predicted octanol–water partition coefficient (Wildman–Crippen LogP) is 3.37. The van der Waals surface area contributed by atoms with Crippen LogP contribution in [0.5, 0.6) is 5.75 Å². The molecule has 1 saturated carbocycles. The van der Waals surface area contributed by atoms with Gasteiger partial charge in [-0.15, -0.1) is 0 Å². The van der Waals surface area contributed by atoms with Crippen molar-refractivity contribution in [1.29, 1.82) is 0 Å².